The number of carbonyl (C=O) groups excluding carboxylic acids is 1. The zero-order valence-electron chi connectivity index (χ0n) is 18.6. The molecule has 1 aromatic rings. The van der Waals surface area contributed by atoms with Gasteiger partial charge in [0.15, 0.2) is 17.1 Å². The van der Waals surface area contributed by atoms with Crippen LogP contribution < -0.4 is 9.47 Å². The second-order valence-electron chi connectivity index (χ2n) is 8.75. The minimum atomic E-state index is -0.706. The van der Waals surface area contributed by atoms with Crippen LogP contribution in [0.25, 0.3) is 0 Å². The Morgan fingerprint density at radius 2 is 1.93 bits per heavy atom. The molecule has 6 heteroatoms. The monoisotopic (exact) mass is 404 g/mol. The molecule has 29 heavy (non-hydrogen) atoms. The van der Waals surface area contributed by atoms with Gasteiger partial charge in [-0.15, -0.1) is 0 Å². The zero-order chi connectivity index (χ0) is 21.0. The SMILES string of the molecule is COc1ccc(CN2CCOC3(CCCCN(C(C)C)C3=O)C2)cc1OC(C)C. The minimum Gasteiger partial charge on any atom is -0.493 e. The van der Waals surface area contributed by atoms with Crippen LogP contribution in [0.3, 0.4) is 0 Å². The average Bonchev–Trinajstić information content (AvgIpc) is 2.81. The predicted octanol–water partition coefficient (Wildman–Crippen LogP) is 3.47. The van der Waals surface area contributed by atoms with Crippen LogP contribution in [0.4, 0.5) is 0 Å². The molecule has 2 saturated heterocycles. The third kappa shape index (κ3) is 5.04. The van der Waals surface area contributed by atoms with Crippen molar-refractivity contribution < 1.29 is 19.0 Å². The van der Waals surface area contributed by atoms with Gasteiger partial charge in [-0.3, -0.25) is 9.69 Å². The van der Waals surface area contributed by atoms with E-state index in [-0.39, 0.29) is 18.1 Å². The summed E-state index contributed by atoms with van der Waals surface area (Å²) in [5, 5.41) is 0. The van der Waals surface area contributed by atoms with Crippen molar-refractivity contribution in [2.75, 3.05) is 33.4 Å². The fraction of sp³-hybridized carbons (Fsp3) is 0.696. The van der Waals surface area contributed by atoms with Crippen molar-refractivity contribution >= 4 is 5.91 Å². The highest BCUT2D eigenvalue weighted by molar-refractivity contribution is 5.86. The van der Waals surface area contributed by atoms with E-state index in [0.29, 0.717) is 13.2 Å². The first-order valence-corrected chi connectivity index (χ1v) is 10.9. The van der Waals surface area contributed by atoms with Crippen molar-refractivity contribution in [3.8, 4) is 11.5 Å². The van der Waals surface area contributed by atoms with Crippen LogP contribution in [0.1, 0.15) is 52.5 Å². The van der Waals surface area contributed by atoms with Crippen LogP contribution in [-0.4, -0.2) is 66.8 Å². The molecule has 0 aliphatic carbocycles. The van der Waals surface area contributed by atoms with E-state index in [4.69, 9.17) is 14.2 Å². The van der Waals surface area contributed by atoms with E-state index in [1.807, 2.05) is 24.8 Å². The normalized spacial score (nSPS) is 23.7. The standard InChI is InChI=1S/C23H36N2O4/c1-17(2)25-11-7-6-10-23(22(25)26)16-24(12-13-28-23)15-19-8-9-20(27-5)21(14-19)29-18(3)4/h8-9,14,17-18H,6-7,10-13,15-16H2,1-5H3. The van der Waals surface area contributed by atoms with Crippen LogP contribution in [-0.2, 0) is 16.1 Å². The molecular weight excluding hydrogens is 368 g/mol. The summed E-state index contributed by atoms with van der Waals surface area (Å²) in [6.07, 6.45) is 2.95. The molecule has 2 aliphatic rings. The topological polar surface area (TPSA) is 51.2 Å². The predicted molar refractivity (Wildman–Crippen MR) is 113 cm³/mol. The molecule has 0 N–H and O–H groups in total. The number of hydrogen-bond donors (Lipinski definition) is 0. The van der Waals surface area contributed by atoms with Gasteiger partial charge < -0.3 is 19.1 Å². The highest BCUT2D eigenvalue weighted by Gasteiger charge is 2.47. The van der Waals surface area contributed by atoms with Crippen LogP contribution in [0.2, 0.25) is 0 Å². The molecule has 6 nitrogen and oxygen atoms in total. The summed E-state index contributed by atoms with van der Waals surface area (Å²) in [6, 6.07) is 6.29. The van der Waals surface area contributed by atoms with E-state index >= 15 is 0 Å². The number of hydrogen-bond acceptors (Lipinski definition) is 5. The number of amides is 1. The van der Waals surface area contributed by atoms with Crippen molar-refractivity contribution in [3.63, 3.8) is 0 Å². The fourth-order valence-corrected chi connectivity index (χ4v) is 4.35. The molecule has 1 spiro atoms. The van der Waals surface area contributed by atoms with Crippen molar-refractivity contribution in [2.45, 2.75) is 71.2 Å². The Hall–Kier alpha value is -1.79. The number of benzene rings is 1. The lowest BCUT2D eigenvalue weighted by molar-refractivity contribution is -0.172. The van der Waals surface area contributed by atoms with Gasteiger partial charge in [-0.25, -0.2) is 0 Å². The largest absolute Gasteiger partial charge is 0.493 e. The highest BCUT2D eigenvalue weighted by Crippen LogP contribution is 2.33. The van der Waals surface area contributed by atoms with Crippen molar-refractivity contribution in [1.82, 2.24) is 9.80 Å². The molecule has 2 fully saturated rings. The quantitative estimate of drug-likeness (QED) is 0.727. The van der Waals surface area contributed by atoms with Crippen molar-refractivity contribution in [1.29, 1.82) is 0 Å². The Morgan fingerprint density at radius 3 is 2.62 bits per heavy atom. The first-order valence-electron chi connectivity index (χ1n) is 10.9. The van der Waals surface area contributed by atoms with Crippen LogP contribution in [0.15, 0.2) is 18.2 Å². The number of rotatable bonds is 6. The summed E-state index contributed by atoms with van der Waals surface area (Å²) in [5.41, 5.74) is 0.447. The summed E-state index contributed by atoms with van der Waals surface area (Å²) in [6.45, 7) is 11.8. The maximum Gasteiger partial charge on any atom is 0.256 e. The Kier molecular flexibility index (Phi) is 7.06. The van der Waals surface area contributed by atoms with E-state index in [1.54, 1.807) is 7.11 Å². The van der Waals surface area contributed by atoms with Crippen LogP contribution in [0, 0.1) is 0 Å². The van der Waals surface area contributed by atoms with Gasteiger partial charge in [0.05, 0.1) is 19.8 Å². The highest BCUT2D eigenvalue weighted by atomic mass is 16.5. The van der Waals surface area contributed by atoms with Gasteiger partial charge in [-0.1, -0.05) is 6.07 Å². The van der Waals surface area contributed by atoms with Gasteiger partial charge in [0, 0.05) is 32.2 Å². The van der Waals surface area contributed by atoms with Crippen molar-refractivity contribution in [3.05, 3.63) is 23.8 Å². The Morgan fingerprint density at radius 1 is 1.14 bits per heavy atom. The zero-order valence-corrected chi connectivity index (χ0v) is 18.6. The number of nitrogens with zero attached hydrogens (tertiary/aromatic N) is 2. The Bertz CT molecular complexity index is 706. The van der Waals surface area contributed by atoms with Gasteiger partial charge in [-0.2, -0.15) is 0 Å². The molecular formula is C23H36N2O4. The summed E-state index contributed by atoms with van der Waals surface area (Å²) >= 11 is 0. The first-order chi connectivity index (χ1) is 13.8. The molecule has 3 rings (SSSR count). The molecule has 2 heterocycles. The first kappa shape index (κ1) is 21.9. The number of likely N-dealkylation sites (tertiary alicyclic amines) is 1. The maximum absolute atomic E-state index is 13.4. The van der Waals surface area contributed by atoms with E-state index in [9.17, 15) is 4.79 Å². The third-order valence-electron chi connectivity index (χ3n) is 5.77. The molecule has 2 aliphatic heterocycles. The minimum absolute atomic E-state index is 0.0800. The molecule has 162 valence electrons. The molecule has 1 atom stereocenters. The number of ether oxygens (including phenoxy) is 3. The lowest BCUT2D eigenvalue weighted by atomic mass is 9.93. The van der Waals surface area contributed by atoms with Gasteiger partial charge in [0.2, 0.25) is 0 Å². The van der Waals surface area contributed by atoms with Crippen LogP contribution in [0.5, 0.6) is 11.5 Å². The number of carbonyl (C=O) groups is 1. The number of methoxy groups -OCH3 is 1. The molecule has 1 aromatic carbocycles. The van der Waals surface area contributed by atoms with E-state index in [2.05, 4.69) is 30.9 Å². The number of morpholine rings is 1. The average molecular weight is 405 g/mol. The molecule has 0 radical (unpaired) electrons. The third-order valence-corrected chi connectivity index (χ3v) is 5.77. The molecule has 1 amide bonds. The second-order valence-corrected chi connectivity index (χ2v) is 8.75. The van der Waals surface area contributed by atoms with Crippen LogP contribution >= 0.6 is 0 Å². The summed E-state index contributed by atoms with van der Waals surface area (Å²) in [4.78, 5) is 17.7. The van der Waals surface area contributed by atoms with E-state index in [0.717, 1.165) is 56.0 Å². The van der Waals surface area contributed by atoms with E-state index < -0.39 is 5.60 Å². The summed E-state index contributed by atoms with van der Waals surface area (Å²) < 4.78 is 17.5. The Labute approximate surface area is 175 Å². The molecule has 0 saturated carbocycles. The van der Waals surface area contributed by atoms with Gasteiger partial charge >= 0.3 is 0 Å². The second kappa shape index (κ2) is 9.35. The molecule has 1 unspecified atom stereocenters. The lowest BCUT2D eigenvalue weighted by Gasteiger charge is -2.43. The van der Waals surface area contributed by atoms with Gasteiger partial charge in [0.25, 0.3) is 5.91 Å². The molecule has 0 aromatic heterocycles. The maximum atomic E-state index is 13.4. The fourth-order valence-electron chi connectivity index (χ4n) is 4.35. The smallest absolute Gasteiger partial charge is 0.256 e. The van der Waals surface area contributed by atoms with Gasteiger partial charge in [-0.05, 0) is 64.7 Å². The lowest BCUT2D eigenvalue weighted by Crippen LogP contribution is -2.60. The summed E-state index contributed by atoms with van der Waals surface area (Å²) in [7, 11) is 1.66. The Balaban J connectivity index is 1.76. The van der Waals surface area contributed by atoms with Crippen molar-refractivity contribution in [2.24, 2.45) is 0 Å². The van der Waals surface area contributed by atoms with Gasteiger partial charge in [0.1, 0.15) is 0 Å². The summed E-state index contributed by atoms with van der Waals surface area (Å²) in [5.74, 6) is 1.67. The van der Waals surface area contributed by atoms with E-state index in [1.165, 1.54) is 0 Å². The molecule has 0 bridgehead atoms.